The van der Waals surface area contributed by atoms with Crippen LogP contribution in [0, 0.1) is 0 Å². The third-order valence-corrected chi connectivity index (χ3v) is 6.04. The number of carbonyl (C=O) groups excluding carboxylic acids is 1. The molecule has 0 spiro atoms. The fraction of sp³-hybridized carbons (Fsp3) is 0.160. The molecule has 0 aromatic heterocycles. The van der Waals surface area contributed by atoms with Crippen molar-refractivity contribution in [3.05, 3.63) is 77.4 Å². The predicted octanol–water partition coefficient (Wildman–Crippen LogP) is 3.56. The van der Waals surface area contributed by atoms with Gasteiger partial charge in [-0.15, -0.1) is 0 Å². The minimum atomic E-state index is -1.04. The molecular formula is C25H22N4O4. The van der Waals surface area contributed by atoms with E-state index in [4.69, 9.17) is 0 Å². The van der Waals surface area contributed by atoms with Crippen molar-refractivity contribution >= 4 is 29.0 Å². The first kappa shape index (κ1) is 20.7. The number of nitrogens with zero attached hydrogens (tertiary/aromatic N) is 2. The van der Waals surface area contributed by atoms with E-state index in [1.54, 1.807) is 37.3 Å². The van der Waals surface area contributed by atoms with E-state index in [2.05, 4.69) is 16.0 Å². The number of phenolic OH excluding ortho intramolecular Hbond substituents is 1. The number of para-hydroxylation sites is 1. The fourth-order valence-electron chi connectivity index (χ4n) is 4.08. The van der Waals surface area contributed by atoms with Gasteiger partial charge in [0.15, 0.2) is 0 Å². The van der Waals surface area contributed by atoms with Gasteiger partial charge in [-0.3, -0.25) is 4.79 Å². The zero-order chi connectivity index (χ0) is 23.1. The van der Waals surface area contributed by atoms with Crippen molar-refractivity contribution < 1.29 is 19.8 Å². The third-order valence-electron chi connectivity index (χ3n) is 6.04. The summed E-state index contributed by atoms with van der Waals surface area (Å²) in [4.78, 5) is 24.3. The van der Waals surface area contributed by atoms with Crippen molar-refractivity contribution in [2.75, 3.05) is 10.4 Å². The van der Waals surface area contributed by atoms with Crippen LogP contribution in [0.4, 0.5) is 11.4 Å². The molecule has 1 aliphatic carbocycles. The minimum absolute atomic E-state index is 0.0631. The minimum Gasteiger partial charge on any atom is -0.505 e. The summed E-state index contributed by atoms with van der Waals surface area (Å²) in [7, 11) is 0. The maximum atomic E-state index is 13.0. The second-order valence-electron chi connectivity index (χ2n) is 8.13. The molecule has 3 aromatic carbocycles. The van der Waals surface area contributed by atoms with E-state index < -0.39 is 12.0 Å². The Hall–Kier alpha value is -4.17. The maximum absolute atomic E-state index is 13.0. The number of hydrogen-bond acceptors (Lipinski definition) is 6. The third kappa shape index (κ3) is 3.70. The van der Waals surface area contributed by atoms with Gasteiger partial charge in [-0.1, -0.05) is 30.3 Å². The predicted molar refractivity (Wildman–Crippen MR) is 125 cm³/mol. The van der Waals surface area contributed by atoms with E-state index >= 15 is 0 Å². The molecule has 166 valence electrons. The average Bonchev–Trinajstić information content (AvgIpc) is 3.07. The molecular weight excluding hydrogens is 420 g/mol. The number of aromatic carboxylic acids is 1. The van der Waals surface area contributed by atoms with Crippen molar-refractivity contribution in [2.45, 2.75) is 25.8 Å². The van der Waals surface area contributed by atoms with Gasteiger partial charge in [0.1, 0.15) is 11.8 Å². The summed E-state index contributed by atoms with van der Waals surface area (Å²) < 4.78 is 0. The Bertz CT molecular complexity index is 1320. The largest absolute Gasteiger partial charge is 0.505 e. The number of hydrazone groups is 1. The van der Waals surface area contributed by atoms with E-state index in [9.17, 15) is 19.8 Å². The van der Waals surface area contributed by atoms with Gasteiger partial charge in [-0.05, 0) is 66.8 Å². The lowest BCUT2D eigenvalue weighted by Crippen LogP contribution is -2.45. The Morgan fingerprint density at radius 1 is 1.06 bits per heavy atom. The molecule has 1 atom stereocenters. The molecule has 8 heteroatoms. The molecule has 2 aliphatic rings. The van der Waals surface area contributed by atoms with Gasteiger partial charge in [0.2, 0.25) is 0 Å². The molecule has 1 amide bonds. The molecule has 4 N–H and O–H groups in total. The van der Waals surface area contributed by atoms with E-state index in [1.807, 2.05) is 18.2 Å². The number of aryl methyl sites for hydroxylation is 2. The molecule has 3 aromatic rings. The van der Waals surface area contributed by atoms with Crippen molar-refractivity contribution in [3.63, 3.8) is 0 Å². The van der Waals surface area contributed by atoms with E-state index in [0.717, 1.165) is 18.5 Å². The zero-order valence-corrected chi connectivity index (χ0v) is 17.9. The van der Waals surface area contributed by atoms with Crippen molar-refractivity contribution in [2.24, 2.45) is 5.10 Å². The van der Waals surface area contributed by atoms with Crippen LogP contribution in [0.3, 0.4) is 0 Å². The highest BCUT2D eigenvalue weighted by atomic mass is 16.4. The Morgan fingerprint density at radius 3 is 2.58 bits per heavy atom. The van der Waals surface area contributed by atoms with Gasteiger partial charge < -0.3 is 15.6 Å². The summed E-state index contributed by atoms with van der Waals surface area (Å²) in [5.41, 5.74) is 11.3. The molecule has 0 fully saturated rings. The molecule has 33 heavy (non-hydrogen) atoms. The summed E-state index contributed by atoms with van der Waals surface area (Å²) >= 11 is 0. The average molecular weight is 442 g/mol. The van der Waals surface area contributed by atoms with Crippen molar-refractivity contribution in [1.29, 1.82) is 0 Å². The number of anilines is 2. The highest BCUT2D eigenvalue weighted by Gasteiger charge is 2.35. The quantitative estimate of drug-likeness (QED) is 0.343. The number of hydrazine groups is 1. The lowest BCUT2D eigenvalue weighted by molar-refractivity contribution is -0.118. The highest BCUT2D eigenvalue weighted by molar-refractivity contribution is 6.18. The van der Waals surface area contributed by atoms with Crippen LogP contribution < -0.4 is 15.9 Å². The zero-order valence-electron chi connectivity index (χ0n) is 17.9. The fourth-order valence-corrected chi connectivity index (χ4v) is 4.08. The molecule has 5 rings (SSSR count). The number of carboxylic acid groups (broad SMARTS) is 1. The van der Waals surface area contributed by atoms with Crippen molar-refractivity contribution in [1.82, 2.24) is 5.43 Å². The standard InChI is InChI=1S/C25H22N4O4/c1-14-22(24(31)29(28-14)19-11-10-15-8-9-16(15)13-19)27-26-21-7-3-6-20(23(21)30)17-4-2-5-18(12-17)25(32)33/h2-7,10-13,22,26-27,30H,8-9H2,1H3,(H,32,33). The van der Waals surface area contributed by atoms with Crippen LogP contribution >= 0.6 is 0 Å². The number of carboxylic acids is 1. The lowest BCUT2D eigenvalue weighted by atomic mass is 9.88. The van der Waals surface area contributed by atoms with Gasteiger partial charge in [0, 0.05) is 5.56 Å². The Morgan fingerprint density at radius 2 is 1.85 bits per heavy atom. The number of nitrogens with one attached hydrogen (secondary N) is 2. The summed E-state index contributed by atoms with van der Waals surface area (Å²) in [6, 6.07) is 16.7. The van der Waals surface area contributed by atoms with E-state index in [-0.39, 0.29) is 17.2 Å². The highest BCUT2D eigenvalue weighted by Crippen LogP contribution is 2.36. The van der Waals surface area contributed by atoms with Crippen LogP contribution in [0.5, 0.6) is 5.75 Å². The van der Waals surface area contributed by atoms with Gasteiger partial charge >= 0.3 is 5.97 Å². The second kappa shape index (κ2) is 8.07. The SMILES string of the molecule is CC1=NN(c2ccc3c(c2)CC3)C(=O)C1NNc1cccc(-c2cccc(C(=O)O)c2)c1O. The van der Waals surface area contributed by atoms with Gasteiger partial charge in [0.25, 0.3) is 5.91 Å². The number of hydrogen-bond donors (Lipinski definition) is 4. The topological polar surface area (TPSA) is 114 Å². The van der Waals surface area contributed by atoms with Gasteiger partial charge in [-0.2, -0.15) is 10.1 Å². The lowest BCUT2D eigenvalue weighted by Gasteiger charge is -2.22. The Kier molecular flexibility index (Phi) is 5.07. The summed E-state index contributed by atoms with van der Waals surface area (Å²) in [5, 5.41) is 25.9. The summed E-state index contributed by atoms with van der Waals surface area (Å²) in [5.74, 6) is -1.32. The Balaban J connectivity index is 1.33. The summed E-state index contributed by atoms with van der Waals surface area (Å²) in [6.07, 6.45) is 2.09. The van der Waals surface area contributed by atoms with Crippen LogP contribution in [0.15, 0.2) is 65.8 Å². The van der Waals surface area contributed by atoms with Crippen LogP contribution in [0.1, 0.15) is 28.4 Å². The summed E-state index contributed by atoms with van der Waals surface area (Å²) in [6.45, 7) is 1.77. The number of carbonyl (C=O) groups is 2. The Labute approximate surface area is 190 Å². The van der Waals surface area contributed by atoms with Crippen LogP contribution in [0.2, 0.25) is 0 Å². The first-order valence-corrected chi connectivity index (χ1v) is 10.6. The van der Waals surface area contributed by atoms with Crippen LogP contribution in [-0.2, 0) is 17.6 Å². The monoisotopic (exact) mass is 442 g/mol. The molecule has 0 saturated carbocycles. The molecule has 0 saturated heterocycles. The molecule has 0 radical (unpaired) electrons. The normalized spacial score (nSPS) is 16.8. The van der Waals surface area contributed by atoms with E-state index in [0.29, 0.717) is 22.5 Å². The molecule has 0 bridgehead atoms. The van der Waals surface area contributed by atoms with Crippen LogP contribution in [-0.4, -0.2) is 33.8 Å². The molecule has 1 unspecified atom stereocenters. The number of benzene rings is 3. The van der Waals surface area contributed by atoms with Gasteiger partial charge in [-0.25, -0.2) is 10.2 Å². The first-order chi connectivity index (χ1) is 15.9. The first-order valence-electron chi connectivity index (χ1n) is 10.6. The van der Waals surface area contributed by atoms with E-state index in [1.165, 1.54) is 28.3 Å². The number of aromatic hydroxyl groups is 1. The maximum Gasteiger partial charge on any atom is 0.335 e. The number of amides is 1. The van der Waals surface area contributed by atoms with Crippen LogP contribution in [0.25, 0.3) is 11.1 Å². The number of rotatable bonds is 6. The number of phenols is 1. The smallest absolute Gasteiger partial charge is 0.335 e. The molecule has 1 aliphatic heterocycles. The van der Waals surface area contributed by atoms with Crippen molar-refractivity contribution in [3.8, 4) is 16.9 Å². The molecule has 8 nitrogen and oxygen atoms in total. The number of fused-ring (bicyclic) bond motifs is 1. The van der Waals surface area contributed by atoms with Gasteiger partial charge in [0.05, 0.1) is 22.6 Å². The molecule has 1 heterocycles. The second-order valence-corrected chi connectivity index (χ2v) is 8.13.